The average Bonchev–Trinajstić information content (AvgIpc) is 3.28. The average molecular weight is 377 g/mol. The van der Waals surface area contributed by atoms with Gasteiger partial charge >= 0.3 is 0 Å². The number of rotatable bonds is 3. The highest BCUT2D eigenvalue weighted by Gasteiger charge is 2.48. The zero-order chi connectivity index (χ0) is 18.5. The van der Waals surface area contributed by atoms with Gasteiger partial charge in [-0.1, -0.05) is 12.1 Å². The summed E-state index contributed by atoms with van der Waals surface area (Å²) in [5.74, 6) is -0.489. The van der Waals surface area contributed by atoms with Crippen LogP contribution in [0, 0.1) is 11.7 Å². The van der Waals surface area contributed by atoms with Crippen molar-refractivity contribution in [2.45, 2.75) is 18.4 Å². The maximum Gasteiger partial charge on any atom is 0.226 e. The molecule has 8 heteroatoms. The first-order chi connectivity index (χ1) is 12.3. The van der Waals surface area contributed by atoms with Crippen molar-refractivity contribution in [2.24, 2.45) is 13.0 Å². The molecule has 138 valence electrons. The standard InChI is InChI=1S/C18H20FN3O3S/c1-21-10-13(9-20-21)17-11-26(24,25)7-6-22(17)18(23)16-8-15(16)12-2-4-14(19)5-3-12/h2-5,9-10,15-17H,6-8,11H2,1H3. The number of hydrogen-bond donors (Lipinski definition) is 0. The smallest absolute Gasteiger partial charge is 0.226 e. The SMILES string of the molecule is Cn1cc(C2CS(=O)(=O)CCN2C(=O)C2CC2c2ccc(F)cc2)cn1. The van der Waals surface area contributed by atoms with E-state index in [9.17, 15) is 17.6 Å². The van der Waals surface area contributed by atoms with Crippen LogP contribution in [-0.4, -0.2) is 47.1 Å². The fourth-order valence-corrected chi connectivity index (χ4v) is 5.21. The third kappa shape index (κ3) is 3.25. The number of nitrogens with zero attached hydrogens (tertiary/aromatic N) is 3. The summed E-state index contributed by atoms with van der Waals surface area (Å²) in [5, 5.41) is 4.11. The van der Waals surface area contributed by atoms with E-state index >= 15 is 0 Å². The van der Waals surface area contributed by atoms with Gasteiger partial charge in [-0.2, -0.15) is 5.10 Å². The van der Waals surface area contributed by atoms with E-state index in [4.69, 9.17) is 0 Å². The van der Waals surface area contributed by atoms with Gasteiger partial charge in [0.25, 0.3) is 0 Å². The monoisotopic (exact) mass is 377 g/mol. The third-order valence-corrected chi connectivity index (χ3v) is 6.86. The lowest BCUT2D eigenvalue weighted by molar-refractivity contribution is -0.134. The zero-order valence-corrected chi connectivity index (χ0v) is 15.2. The quantitative estimate of drug-likeness (QED) is 0.816. The number of halogens is 1. The number of aryl methyl sites for hydroxylation is 1. The molecule has 26 heavy (non-hydrogen) atoms. The van der Waals surface area contributed by atoms with Crippen LogP contribution in [-0.2, 0) is 21.7 Å². The Balaban J connectivity index is 1.55. The van der Waals surface area contributed by atoms with Gasteiger partial charge < -0.3 is 4.90 Å². The molecular weight excluding hydrogens is 357 g/mol. The van der Waals surface area contributed by atoms with Crippen molar-refractivity contribution in [3.8, 4) is 0 Å². The number of hydrogen-bond acceptors (Lipinski definition) is 4. The summed E-state index contributed by atoms with van der Waals surface area (Å²) >= 11 is 0. The second kappa shape index (κ2) is 6.19. The molecule has 1 aliphatic heterocycles. The molecular formula is C18H20FN3O3S. The molecule has 0 radical (unpaired) electrons. The van der Waals surface area contributed by atoms with Gasteiger partial charge in [-0.3, -0.25) is 9.48 Å². The molecule has 3 unspecified atom stereocenters. The van der Waals surface area contributed by atoms with Crippen molar-refractivity contribution < 1.29 is 17.6 Å². The van der Waals surface area contributed by atoms with Crippen LogP contribution in [0.3, 0.4) is 0 Å². The van der Waals surface area contributed by atoms with E-state index in [1.54, 1.807) is 41.2 Å². The topological polar surface area (TPSA) is 72.3 Å². The van der Waals surface area contributed by atoms with Crippen molar-refractivity contribution in [2.75, 3.05) is 18.1 Å². The molecule has 4 rings (SSSR count). The molecule has 3 atom stereocenters. The third-order valence-electron chi connectivity index (χ3n) is 5.23. The van der Waals surface area contributed by atoms with Crippen LogP contribution in [0.5, 0.6) is 0 Å². The Hall–Kier alpha value is -2.22. The lowest BCUT2D eigenvalue weighted by atomic mass is 10.1. The lowest BCUT2D eigenvalue weighted by Gasteiger charge is -2.35. The van der Waals surface area contributed by atoms with E-state index in [2.05, 4.69) is 5.10 Å². The second-order valence-corrected chi connectivity index (χ2v) is 9.34. The van der Waals surface area contributed by atoms with E-state index in [0.717, 1.165) is 11.1 Å². The Labute approximate surface area is 151 Å². The van der Waals surface area contributed by atoms with E-state index in [1.165, 1.54) is 12.1 Å². The molecule has 0 spiro atoms. The summed E-state index contributed by atoms with van der Waals surface area (Å²) < 4.78 is 38.9. The van der Waals surface area contributed by atoms with Gasteiger partial charge in [0.1, 0.15) is 5.82 Å². The van der Waals surface area contributed by atoms with Gasteiger partial charge in [-0.15, -0.1) is 0 Å². The Morgan fingerprint density at radius 2 is 1.96 bits per heavy atom. The highest BCUT2D eigenvalue weighted by molar-refractivity contribution is 7.91. The van der Waals surface area contributed by atoms with Gasteiger partial charge in [-0.05, 0) is 30.0 Å². The van der Waals surface area contributed by atoms with Crippen LogP contribution in [0.4, 0.5) is 4.39 Å². The fraction of sp³-hybridized carbons (Fsp3) is 0.444. The molecule has 0 N–H and O–H groups in total. The van der Waals surface area contributed by atoms with Crippen molar-refractivity contribution in [1.29, 1.82) is 0 Å². The number of carbonyl (C=O) groups excluding carboxylic acids is 1. The van der Waals surface area contributed by atoms with Crippen molar-refractivity contribution in [3.05, 3.63) is 53.6 Å². The minimum atomic E-state index is -3.19. The summed E-state index contributed by atoms with van der Waals surface area (Å²) in [6.07, 6.45) is 4.10. The highest BCUT2D eigenvalue weighted by atomic mass is 32.2. The highest BCUT2D eigenvalue weighted by Crippen LogP contribution is 2.49. The van der Waals surface area contributed by atoms with Gasteiger partial charge in [0, 0.05) is 31.3 Å². The molecule has 2 aliphatic rings. The Morgan fingerprint density at radius 3 is 2.62 bits per heavy atom. The first-order valence-electron chi connectivity index (χ1n) is 8.59. The minimum absolute atomic E-state index is 0.0105. The van der Waals surface area contributed by atoms with E-state index in [1.807, 2.05) is 0 Å². The minimum Gasteiger partial charge on any atom is -0.333 e. The number of carbonyl (C=O) groups is 1. The molecule has 1 saturated carbocycles. The maximum absolute atomic E-state index is 13.1. The van der Waals surface area contributed by atoms with Gasteiger partial charge in [0.2, 0.25) is 5.91 Å². The van der Waals surface area contributed by atoms with E-state index in [-0.39, 0.29) is 41.6 Å². The molecule has 2 heterocycles. The van der Waals surface area contributed by atoms with Gasteiger partial charge in [0.15, 0.2) is 9.84 Å². The van der Waals surface area contributed by atoms with Gasteiger partial charge in [0.05, 0.1) is 23.7 Å². The summed E-state index contributed by atoms with van der Waals surface area (Å²) in [6.45, 7) is 0.202. The summed E-state index contributed by atoms with van der Waals surface area (Å²) in [5.41, 5.74) is 1.69. The molecule has 1 amide bonds. The molecule has 1 aliphatic carbocycles. The second-order valence-electron chi connectivity index (χ2n) is 7.11. The van der Waals surface area contributed by atoms with Crippen LogP contribution >= 0.6 is 0 Å². The molecule has 2 aromatic rings. The number of sulfone groups is 1. The molecule has 1 aromatic heterocycles. The maximum atomic E-state index is 13.1. The van der Waals surface area contributed by atoms with Crippen LogP contribution in [0.2, 0.25) is 0 Å². The molecule has 1 saturated heterocycles. The van der Waals surface area contributed by atoms with Crippen LogP contribution in [0.25, 0.3) is 0 Å². The summed E-state index contributed by atoms with van der Waals surface area (Å²) in [6, 6.07) is 5.74. The molecule has 1 aromatic carbocycles. The van der Waals surface area contributed by atoms with Crippen LogP contribution in [0.1, 0.15) is 29.5 Å². The predicted octanol–water partition coefficient (Wildman–Crippen LogP) is 1.66. The van der Waals surface area contributed by atoms with Crippen LogP contribution < -0.4 is 0 Å². The lowest BCUT2D eigenvalue weighted by Crippen LogP contribution is -2.46. The molecule has 0 bridgehead atoms. The van der Waals surface area contributed by atoms with Crippen molar-refractivity contribution in [3.63, 3.8) is 0 Å². The number of amides is 1. The zero-order valence-electron chi connectivity index (χ0n) is 14.4. The molecule has 6 nitrogen and oxygen atoms in total. The first kappa shape index (κ1) is 17.2. The predicted molar refractivity (Wildman–Crippen MR) is 93.6 cm³/mol. The van der Waals surface area contributed by atoms with E-state index in [0.29, 0.717) is 6.42 Å². The summed E-state index contributed by atoms with van der Waals surface area (Å²) in [7, 11) is -1.42. The fourth-order valence-electron chi connectivity index (χ4n) is 3.72. The number of benzene rings is 1. The van der Waals surface area contributed by atoms with Crippen molar-refractivity contribution in [1.82, 2.24) is 14.7 Å². The Bertz CT molecular complexity index is 939. The van der Waals surface area contributed by atoms with Crippen LogP contribution in [0.15, 0.2) is 36.7 Å². The molecule has 2 fully saturated rings. The Kier molecular flexibility index (Phi) is 4.10. The Morgan fingerprint density at radius 1 is 1.23 bits per heavy atom. The normalized spacial score (nSPS) is 27.3. The summed E-state index contributed by atoms with van der Waals surface area (Å²) in [4.78, 5) is 14.7. The van der Waals surface area contributed by atoms with Gasteiger partial charge in [-0.25, -0.2) is 12.8 Å². The van der Waals surface area contributed by atoms with E-state index < -0.39 is 15.9 Å². The largest absolute Gasteiger partial charge is 0.333 e. The first-order valence-corrected chi connectivity index (χ1v) is 10.4. The van der Waals surface area contributed by atoms with Crippen molar-refractivity contribution >= 4 is 15.7 Å². The number of aromatic nitrogens is 2.